The first-order valence-corrected chi connectivity index (χ1v) is 6.74. The molecule has 0 bridgehead atoms. The summed E-state index contributed by atoms with van der Waals surface area (Å²) in [6.45, 7) is 4.49. The zero-order chi connectivity index (χ0) is 14.6. The number of aliphatic hydroxyl groups excluding tert-OH is 1. The van der Waals surface area contributed by atoms with Crippen molar-refractivity contribution in [1.29, 1.82) is 0 Å². The molecule has 0 spiro atoms. The summed E-state index contributed by atoms with van der Waals surface area (Å²) in [6, 6.07) is -0.374. The second-order valence-corrected chi connectivity index (χ2v) is 5.35. The molecule has 19 heavy (non-hydrogen) atoms. The standard InChI is InChI=1S/C13H24N2O4/c1-4-13(11(17)18)5-7-15(8-6-13)12(19)14(3)10(2)9-16/h10,16H,4-9H2,1-3H3,(H,17,18). The van der Waals surface area contributed by atoms with E-state index in [2.05, 4.69) is 0 Å². The fourth-order valence-electron chi connectivity index (χ4n) is 2.38. The van der Waals surface area contributed by atoms with Crippen LogP contribution in [0.25, 0.3) is 0 Å². The van der Waals surface area contributed by atoms with Gasteiger partial charge in [-0.1, -0.05) is 6.92 Å². The number of hydrogen-bond acceptors (Lipinski definition) is 3. The van der Waals surface area contributed by atoms with Crippen LogP contribution in [0.15, 0.2) is 0 Å². The number of aliphatic carboxylic acids is 1. The highest BCUT2D eigenvalue weighted by Crippen LogP contribution is 2.35. The maximum atomic E-state index is 12.2. The minimum atomic E-state index is -0.765. The molecule has 0 aliphatic carbocycles. The summed E-state index contributed by atoms with van der Waals surface area (Å²) in [5.74, 6) is -0.765. The van der Waals surface area contributed by atoms with E-state index >= 15 is 0 Å². The molecule has 1 atom stereocenters. The molecule has 6 nitrogen and oxygen atoms in total. The van der Waals surface area contributed by atoms with Crippen molar-refractivity contribution in [2.24, 2.45) is 5.41 Å². The molecule has 1 heterocycles. The molecule has 1 unspecified atom stereocenters. The molecular formula is C13H24N2O4. The Kier molecular flexibility index (Phi) is 5.17. The third-order valence-electron chi connectivity index (χ3n) is 4.35. The van der Waals surface area contributed by atoms with Crippen LogP contribution in [0.1, 0.15) is 33.1 Å². The van der Waals surface area contributed by atoms with Crippen molar-refractivity contribution in [3.63, 3.8) is 0 Å². The molecule has 1 rings (SSSR count). The average molecular weight is 272 g/mol. The number of rotatable bonds is 4. The molecule has 1 aliphatic heterocycles. The SMILES string of the molecule is CCC1(C(=O)O)CCN(C(=O)N(C)C(C)CO)CC1. The molecule has 0 saturated carbocycles. The minimum Gasteiger partial charge on any atom is -0.481 e. The molecule has 1 saturated heterocycles. The summed E-state index contributed by atoms with van der Waals surface area (Å²) in [4.78, 5) is 26.7. The lowest BCUT2D eigenvalue weighted by atomic mass is 9.76. The number of aliphatic hydroxyl groups is 1. The normalized spacial score (nSPS) is 19.9. The van der Waals surface area contributed by atoms with Crippen molar-refractivity contribution in [2.75, 3.05) is 26.7 Å². The molecule has 6 heteroatoms. The smallest absolute Gasteiger partial charge is 0.320 e. The minimum absolute atomic E-state index is 0.0793. The molecule has 0 aromatic rings. The van der Waals surface area contributed by atoms with Gasteiger partial charge in [0.05, 0.1) is 18.1 Å². The number of carboxylic acid groups (broad SMARTS) is 1. The van der Waals surface area contributed by atoms with Gasteiger partial charge in [0.1, 0.15) is 0 Å². The van der Waals surface area contributed by atoms with Gasteiger partial charge in [-0.15, -0.1) is 0 Å². The fraction of sp³-hybridized carbons (Fsp3) is 0.846. The monoisotopic (exact) mass is 272 g/mol. The summed E-state index contributed by atoms with van der Waals surface area (Å²) >= 11 is 0. The molecule has 1 fully saturated rings. The van der Waals surface area contributed by atoms with Crippen LogP contribution in [0.4, 0.5) is 4.79 Å². The number of likely N-dealkylation sites (tertiary alicyclic amines) is 1. The number of carboxylic acids is 1. The lowest BCUT2D eigenvalue weighted by Crippen LogP contribution is -2.52. The molecule has 2 N–H and O–H groups in total. The first-order valence-electron chi connectivity index (χ1n) is 6.74. The third-order valence-corrected chi connectivity index (χ3v) is 4.35. The number of likely N-dealkylation sites (N-methyl/N-ethyl adjacent to an activating group) is 1. The average Bonchev–Trinajstić information content (AvgIpc) is 2.44. The van der Waals surface area contributed by atoms with Gasteiger partial charge in [-0.25, -0.2) is 4.79 Å². The predicted molar refractivity (Wildman–Crippen MR) is 70.9 cm³/mol. The van der Waals surface area contributed by atoms with Crippen molar-refractivity contribution in [3.05, 3.63) is 0 Å². The van der Waals surface area contributed by atoms with Gasteiger partial charge in [0, 0.05) is 20.1 Å². The van der Waals surface area contributed by atoms with E-state index in [-0.39, 0.29) is 18.7 Å². The van der Waals surface area contributed by atoms with E-state index in [0.29, 0.717) is 32.4 Å². The van der Waals surface area contributed by atoms with Crippen LogP contribution in [-0.2, 0) is 4.79 Å². The Balaban J connectivity index is 2.63. The van der Waals surface area contributed by atoms with Gasteiger partial charge < -0.3 is 20.0 Å². The van der Waals surface area contributed by atoms with Gasteiger partial charge in [0.25, 0.3) is 0 Å². The molecule has 0 radical (unpaired) electrons. The van der Waals surface area contributed by atoms with Gasteiger partial charge >= 0.3 is 12.0 Å². The van der Waals surface area contributed by atoms with Crippen LogP contribution in [0.3, 0.4) is 0 Å². The predicted octanol–water partition coefficient (Wildman–Crippen LogP) is 0.996. The Morgan fingerprint density at radius 2 is 1.89 bits per heavy atom. The van der Waals surface area contributed by atoms with E-state index in [4.69, 9.17) is 5.11 Å². The van der Waals surface area contributed by atoms with Crippen molar-refractivity contribution < 1.29 is 19.8 Å². The number of carbonyl (C=O) groups is 2. The molecule has 110 valence electrons. The molecule has 2 amide bonds. The van der Waals surface area contributed by atoms with Crippen molar-refractivity contribution in [3.8, 4) is 0 Å². The summed E-state index contributed by atoms with van der Waals surface area (Å²) < 4.78 is 0. The van der Waals surface area contributed by atoms with Crippen molar-refractivity contribution >= 4 is 12.0 Å². The van der Waals surface area contributed by atoms with E-state index in [1.54, 1.807) is 18.9 Å². The summed E-state index contributed by atoms with van der Waals surface area (Å²) in [5, 5.41) is 18.4. The summed E-state index contributed by atoms with van der Waals surface area (Å²) in [6.07, 6.45) is 1.57. The molecule has 0 aromatic heterocycles. The highest BCUT2D eigenvalue weighted by molar-refractivity contribution is 5.77. The molecule has 1 aliphatic rings. The summed E-state index contributed by atoms with van der Waals surface area (Å²) in [7, 11) is 1.65. The Hall–Kier alpha value is -1.30. The number of amides is 2. The van der Waals surface area contributed by atoms with Gasteiger partial charge in [-0.3, -0.25) is 4.79 Å². The van der Waals surface area contributed by atoms with Crippen molar-refractivity contribution in [2.45, 2.75) is 39.2 Å². The second-order valence-electron chi connectivity index (χ2n) is 5.35. The van der Waals surface area contributed by atoms with Crippen LogP contribution < -0.4 is 0 Å². The topological polar surface area (TPSA) is 81.1 Å². The van der Waals surface area contributed by atoms with Gasteiger partial charge in [0.15, 0.2) is 0 Å². The van der Waals surface area contributed by atoms with E-state index in [0.717, 1.165) is 0 Å². The highest BCUT2D eigenvalue weighted by Gasteiger charge is 2.41. The number of piperidine rings is 1. The Morgan fingerprint density at radius 1 is 1.37 bits per heavy atom. The quantitative estimate of drug-likeness (QED) is 0.800. The molecule has 0 aromatic carbocycles. The zero-order valence-electron chi connectivity index (χ0n) is 11.9. The lowest BCUT2D eigenvalue weighted by molar-refractivity contribution is -0.152. The van der Waals surface area contributed by atoms with Gasteiger partial charge in [-0.05, 0) is 26.2 Å². The van der Waals surface area contributed by atoms with E-state index < -0.39 is 11.4 Å². The van der Waals surface area contributed by atoms with Crippen LogP contribution in [0, 0.1) is 5.41 Å². The van der Waals surface area contributed by atoms with Crippen LogP contribution in [-0.4, -0.2) is 64.8 Å². The van der Waals surface area contributed by atoms with E-state index in [1.807, 2.05) is 6.92 Å². The first-order chi connectivity index (χ1) is 8.88. The highest BCUT2D eigenvalue weighted by atomic mass is 16.4. The van der Waals surface area contributed by atoms with Gasteiger partial charge in [0.2, 0.25) is 0 Å². The van der Waals surface area contributed by atoms with Crippen LogP contribution in [0.5, 0.6) is 0 Å². The van der Waals surface area contributed by atoms with Gasteiger partial charge in [-0.2, -0.15) is 0 Å². The third kappa shape index (κ3) is 3.18. The van der Waals surface area contributed by atoms with E-state index in [9.17, 15) is 14.7 Å². The number of nitrogens with zero attached hydrogens (tertiary/aromatic N) is 2. The lowest BCUT2D eigenvalue weighted by Gasteiger charge is -2.40. The number of urea groups is 1. The fourth-order valence-corrected chi connectivity index (χ4v) is 2.38. The maximum absolute atomic E-state index is 12.2. The molecular weight excluding hydrogens is 248 g/mol. The zero-order valence-corrected chi connectivity index (χ0v) is 11.9. The Bertz CT molecular complexity index is 338. The Labute approximate surface area is 114 Å². The maximum Gasteiger partial charge on any atom is 0.320 e. The Morgan fingerprint density at radius 3 is 2.26 bits per heavy atom. The number of hydrogen-bond donors (Lipinski definition) is 2. The number of carbonyl (C=O) groups excluding carboxylic acids is 1. The van der Waals surface area contributed by atoms with Crippen LogP contribution >= 0.6 is 0 Å². The summed E-state index contributed by atoms with van der Waals surface area (Å²) in [5.41, 5.74) is -0.683. The second kappa shape index (κ2) is 6.23. The van der Waals surface area contributed by atoms with Crippen molar-refractivity contribution in [1.82, 2.24) is 9.80 Å². The van der Waals surface area contributed by atoms with Crippen LogP contribution in [0.2, 0.25) is 0 Å². The first kappa shape index (κ1) is 15.8. The van der Waals surface area contributed by atoms with E-state index in [1.165, 1.54) is 4.90 Å². The largest absolute Gasteiger partial charge is 0.481 e.